The monoisotopic (exact) mass is 477 g/mol. The van der Waals surface area contributed by atoms with Gasteiger partial charge in [0, 0.05) is 6.54 Å². The van der Waals surface area contributed by atoms with Gasteiger partial charge >= 0.3 is 6.18 Å². The highest BCUT2D eigenvalue weighted by molar-refractivity contribution is 5.85. The first-order valence-corrected chi connectivity index (χ1v) is 11.5. The van der Waals surface area contributed by atoms with Crippen molar-refractivity contribution in [2.45, 2.75) is 32.5 Å². The second kappa shape index (κ2) is 10.2. The normalized spacial score (nSPS) is 11.5. The van der Waals surface area contributed by atoms with Crippen LogP contribution in [0.15, 0.2) is 89.7 Å². The van der Waals surface area contributed by atoms with Gasteiger partial charge in [0.15, 0.2) is 0 Å². The molecule has 0 unspecified atom stereocenters. The van der Waals surface area contributed by atoms with Gasteiger partial charge in [0.2, 0.25) is 0 Å². The third-order valence-electron chi connectivity index (χ3n) is 6.01. The summed E-state index contributed by atoms with van der Waals surface area (Å²) < 4.78 is 46.5. The number of rotatable bonds is 7. The average molecular weight is 478 g/mol. The molecular formula is C29H26F3NO2. The van der Waals surface area contributed by atoms with Gasteiger partial charge in [-0.15, -0.1) is 0 Å². The van der Waals surface area contributed by atoms with Crippen LogP contribution in [-0.2, 0) is 12.7 Å². The number of halogens is 3. The summed E-state index contributed by atoms with van der Waals surface area (Å²) in [5.74, 6) is 0.709. The van der Waals surface area contributed by atoms with Crippen LogP contribution in [0.2, 0.25) is 0 Å². The van der Waals surface area contributed by atoms with Gasteiger partial charge in [0.25, 0.3) is 5.56 Å². The van der Waals surface area contributed by atoms with Crippen molar-refractivity contribution in [1.29, 1.82) is 0 Å². The molecule has 0 aliphatic rings. The van der Waals surface area contributed by atoms with Crippen LogP contribution in [0, 0.1) is 0 Å². The molecule has 6 heteroatoms. The van der Waals surface area contributed by atoms with Gasteiger partial charge in [-0.05, 0) is 71.1 Å². The lowest BCUT2D eigenvalue weighted by Gasteiger charge is -2.19. The number of hydrogen-bond acceptors (Lipinski definition) is 2. The van der Waals surface area contributed by atoms with Crippen LogP contribution in [0.5, 0.6) is 5.75 Å². The van der Waals surface area contributed by atoms with Crippen molar-refractivity contribution in [3.8, 4) is 39.3 Å². The second-order valence-electron chi connectivity index (χ2n) is 8.30. The van der Waals surface area contributed by atoms with E-state index in [2.05, 4.69) is 0 Å². The minimum atomic E-state index is -4.44. The number of methoxy groups -OCH3 is 1. The molecule has 0 aliphatic carbocycles. The fraction of sp³-hybridized carbons (Fsp3) is 0.207. The maximum Gasteiger partial charge on any atom is 0.416 e. The largest absolute Gasteiger partial charge is 0.497 e. The Morgan fingerprint density at radius 3 is 2.03 bits per heavy atom. The summed E-state index contributed by atoms with van der Waals surface area (Å²) in [6.45, 7) is 2.55. The summed E-state index contributed by atoms with van der Waals surface area (Å²) in [7, 11) is 1.60. The van der Waals surface area contributed by atoms with Gasteiger partial charge in [-0.1, -0.05) is 55.8 Å². The zero-order valence-electron chi connectivity index (χ0n) is 19.6. The lowest BCUT2D eigenvalue weighted by atomic mass is 9.93. The molecule has 0 amide bonds. The van der Waals surface area contributed by atoms with Gasteiger partial charge in [0.05, 0.1) is 23.9 Å². The maximum atomic E-state index is 14.0. The summed E-state index contributed by atoms with van der Waals surface area (Å²) in [6, 6.07) is 23.7. The molecular weight excluding hydrogens is 451 g/mol. The van der Waals surface area contributed by atoms with Gasteiger partial charge in [-0.3, -0.25) is 4.79 Å². The summed E-state index contributed by atoms with van der Waals surface area (Å²) in [5, 5.41) is 0. The molecule has 1 aromatic heterocycles. The SMILES string of the molecule is CCCCn1c(-c2ccc(OC)cc2)cc(-c2ccccc2)c(-c2ccc(C(F)(F)F)cc2)c1=O. The van der Waals surface area contributed by atoms with E-state index >= 15 is 0 Å². The first-order valence-electron chi connectivity index (χ1n) is 11.5. The Kier molecular flexibility index (Phi) is 7.10. The van der Waals surface area contributed by atoms with E-state index in [0.717, 1.165) is 41.8 Å². The lowest BCUT2D eigenvalue weighted by molar-refractivity contribution is -0.137. The minimum absolute atomic E-state index is 0.231. The minimum Gasteiger partial charge on any atom is -0.497 e. The van der Waals surface area contributed by atoms with Crippen LogP contribution in [0.3, 0.4) is 0 Å². The van der Waals surface area contributed by atoms with Crippen LogP contribution < -0.4 is 10.3 Å². The number of ether oxygens (including phenoxy) is 1. The van der Waals surface area contributed by atoms with Crippen molar-refractivity contribution in [3.63, 3.8) is 0 Å². The Morgan fingerprint density at radius 2 is 1.46 bits per heavy atom. The lowest BCUT2D eigenvalue weighted by Crippen LogP contribution is -2.24. The van der Waals surface area contributed by atoms with Crippen molar-refractivity contribution < 1.29 is 17.9 Å². The quantitative estimate of drug-likeness (QED) is 0.273. The van der Waals surface area contributed by atoms with Gasteiger partial charge in [-0.2, -0.15) is 13.2 Å². The molecule has 0 saturated carbocycles. The summed E-state index contributed by atoms with van der Waals surface area (Å²) in [5.41, 5.74) is 2.96. The van der Waals surface area contributed by atoms with Crippen molar-refractivity contribution >= 4 is 0 Å². The Balaban J connectivity index is 2.00. The van der Waals surface area contributed by atoms with Crippen molar-refractivity contribution in [1.82, 2.24) is 4.57 Å². The van der Waals surface area contributed by atoms with Crippen LogP contribution in [0.1, 0.15) is 25.3 Å². The molecule has 0 N–H and O–H groups in total. The summed E-state index contributed by atoms with van der Waals surface area (Å²) >= 11 is 0. The number of nitrogens with zero attached hydrogens (tertiary/aromatic N) is 1. The molecule has 3 aromatic carbocycles. The molecule has 3 nitrogen and oxygen atoms in total. The molecule has 0 saturated heterocycles. The highest BCUT2D eigenvalue weighted by Gasteiger charge is 2.30. The Hall–Kier alpha value is -3.80. The number of alkyl halides is 3. The molecule has 0 bridgehead atoms. The maximum absolute atomic E-state index is 14.0. The predicted octanol–water partition coefficient (Wildman–Crippen LogP) is 7.68. The van der Waals surface area contributed by atoms with E-state index in [-0.39, 0.29) is 5.56 Å². The molecule has 35 heavy (non-hydrogen) atoms. The zero-order chi connectivity index (χ0) is 25.0. The topological polar surface area (TPSA) is 31.2 Å². The van der Waals surface area contributed by atoms with E-state index in [1.807, 2.05) is 67.6 Å². The summed E-state index contributed by atoms with van der Waals surface area (Å²) in [4.78, 5) is 14.0. The van der Waals surface area contributed by atoms with Crippen molar-refractivity contribution in [2.24, 2.45) is 0 Å². The van der Waals surface area contributed by atoms with E-state index in [4.69, 9.17) is 4.74 Å². The second-order valence-corrected chi connectivity index (χ2v) is 8.30. The Bertz CT molecular complexity index is 1340. The molecule has 4 rings (SSSR count). The number of hydrogen-bond donors (Lipinski definition) is 0. The fourth-order valence-corrected chi connectivity index (χ4v) is 4.14. The molecule has 180 valence electrons. The Morgan fingerprint density at radius 1 is 0.829 bits per heavy atom. The van der Waals surface area contributed by atoms with E-state index in [9.17, 15) is 18.0 Å². The molecule has 0 fully saturated rings. The smallest absolute Gasteiger partial charge is 0.416 e. The Labute approximate surface area is 202 Å². The van der Waals surface area contributed by atoms with Crippen LogP contribution in [0.25, 0.3) is 33.5 Å². The molecule has 4 aromatic rings. The highest BCUT2D eigenvalue weighted by Crippen LogP contribution is 2.36. The van der Waals surface area contributed by atoms with E-state index in [1.165, 1.54) is 12.1 Å². The fourth-order valence-electron chi connectivity index (χ4n) is 4.14. The van der Waals surface area contributed by atoms with E-state index in [0.29, 0.717) is 29.0 Å². The van der Waals surface area contributed by atoms with E-state index in [1.54, 1.807) is 11.7 Å². The van der Waals surface area contributed by atoms with Crippen LogP contribution in [0.4, 0.5) is 13.2 Å². The van der Waals surface area contributed by atoms with Gasteiger partial charge in [-0.25, -0.2) is 0 Å². The molecule has 0 atom stereocenters. The first-order chi connectivity index (χ1) is 16.8. The number of benzene rings is 3. The number of unbranched alkanes of at least 4 members (excludes halogenated alkanes) is 1. The number of aromatic nitrogens is 1. The zero-order valence-corrected chi connectivity index (χ0v) is 19.6. The van der Waals surface area contributed by atoms with E-state index < -0.39 is 11.7 Å². The third kappa shape index (κ3) is 5.16. The standard InChI is InChI=1S/C29H26F3NO2/c1-3-4-18-33-26(21-12-16-24(35-2)17-13-21)19-25(20-8-6-5-7-9-20)27(28(33)34)22-10-14-23(15-11-22)29(30,31)32/h5-17,19H,3-4,18H2,1-2H3. The predicted molar refractivity (Wildman–Crippen MR) is 133 cm³/mol. The average Bonchev–Trinajstić information content (AvgIpc) is 2.87. The molecule has 0 spiro atoms. The highest BCUT2D eigenvalue weighted by atomic mass is 19.4. The van der Waals surface area contributed by atoms with Gasteiger partial charge < -0.3 is 9.30 Å². The van der Waals surface area contributed by atoms with Gasteiger partial charge in [0.1, 0.15) is 5.75 Å². The van der Waals surface area contributed by atoms with Crippen LogP contribution >= 0.6 is 0 Å². The third-order valence-corrected chi connectivity index (χ3v) is 6.01. The van der Waals surface area contributed by atoms with Crippen LogP contribution in [-0.4, -0.2) is 11.7 Å². The number of pyridine rings is 1. The molecule has 1 heterocycles. The summed E-state index contributed by atoms with van der Waals surface area (Å²) in [6.07, 6.45) is -2.76. The first kappa shape index (κ1) is 24.3. The molecule has 0 radical (unpaired) electrons. The molecule has 0 aliphatic heterocycles. The van der Waals surface area contributed by atoms with Crippen molar-refractivity contribution in [3.05, 3.63) is 101 Å². The van der Waals surface area contributed by atoms with Crippen molar-refractivity contribution in [2.75, 3.05) is 7.11 Å².